The van der Waals surface area contributed by atoms with Gasteiger partial charge in [0.25, 0.3) is 0 Å². The maximum absolute atomic E-state index is 11.5. The predicted octanol–water partition coefficient (Wildman–Crippen LogP) is 1.89. The van der Waals surface area contributed by atoms with Crippen LogP contribution < -0.4 is 0 Å². The van der Waals surface area contributed by atoms with Gasteiger partial charge in [0.05, 0.1) is 11.3 Å². The molecular weight excluding hydrogens is 244 g/mol. The maximum atomic E-state index is 11.5. The van der Waals surface area contributed by atoms with Crippen molar-refractivity contribution in [3.05, 3.63) is 28.0 Å². The van der Waals surface area contributed by atoms with Gasteiger partial charge in [-0.3, -0.25) is 9.59 Å². The summed E-state index contributed by atoms with van der Waals surface area (Å²) in [6.07, 6.45) is 2.13. The average molecular weight is 254 g/mol. The van der Waals surface area contributed by atoms with Gasteiger partial charge >= 0.3 is 11.9 Å². The molecule has 0 bridgehead atoms. The molecule has 1 rings (SSSR count). The third-order valence-electron chi connectivity index (χ3n) is 1.86. The van der Waals surface area contributed by atoms with Crippen molar-refractivity contribution in [1.82, 2.24) is 0 Å². The zero-order valence-electron chi connectivity index (χ0n) is 8.75. The Morgan fingerprint density at radius 1 is 1.18 bits per heavy atom. The average Bonchev–Trinajstić information content (AvgIpc) is 2.71. The summed E-state index contributed by atoms with van der Waals surface area (Å²) in [7, 11) is 0. The standard InChI is InChI=1S/C11H10O5S/c12-8(3-6-11(15)16)9-4-1-7(17-9)2-5-10(13)14/h1-2,4-5H,3,6H2,(H,13,14)(H,15,16). The Morgan fingerprint density at radius 2 is 1.88 bits per heavy atom. The van der Waals surface area contributed by atoms with E-state index < -0.39 is 11.9 Å². The lowest BCUT2D eigenvalue weighted by Crippen LogP contribution is -2.01. The first-order valence-corrected chi connectivity index (χ1v) is 5.56. The van der Waals surface area contributed by atoms with Crippen molar-refractivity contribution in [3.63, 3.8) is 0 Å². The number of hydrogen-bond acceptors (Lipinski definition) is 4. The molecule has 0 aliphatic rings. The monoisotopic (exact) mass is 254 g/mol. The Bertz CT molecular complexity index is 472. The van der Waals surface area contributed by atoms with Gasteiger partial charge in [-0.05, 0) is 18.2 Å². The van der Waals surface area contributed by atoms with Gasteiger partial charge in [-0.2, -0.15) is 0 Å². The van der Waals surface area contributed by atoms with Crippen LogP contribution in [0.25, 0.3) is 6.08 Å². The van der Waals surface area contributed by atoms with Crippen LogP contribution in [0.2, 0.25) is 0 Å². The molecule has 0 radical (unpaired) electrons. The molecule has 0 unspecified atom stereocenters. The highest BCUT2D eigenvalue weighted by Crippen LogP contribution is 2.19. The minimum atomic E-state index is -1.06. The molecule has 90 valence electrons. The minimum Gasteiger partial charge on any atom is -0.481 e. The van der Waals surface area contributed by atoms with E-state index in [1.807, 2.05) is 0 Å². The van der Waals surface area contributed by atoms with Crippen LogP contribution in [-0.4, -0.2) is 27.9 Å². The second kappa shape index (κ2) is 5.95. The third-order valence-corrected chi connectivity index (χ3v) is 2.95. The first-order valence-electron chi connectivity index (χ1n) is 4.75. The number of carbonyl (C=O) groups is 3. The summed E-state index contributed by atoms with van der Waals surface area (Å²) in [5.74, 6) is -2.31. The molecule has 0 spiro atoms. The van der Waals surface area contributed by atoms with Gasteiger partial charge in [0.2, 0.25) is 0 Å². The lowest BCUT2D eigenvalue weighted by atomic mass is 10.2. The molecule has 2 N–H and O–H groups in total. The van der Waals surface area contributed by atoms with Crippen molar-refractivity contribution in [1.29, 1.82) is 0 Å². The number of aliphatic carboxylic acids is 2. The van der Waals surface area contributed by atoms with Crippen LogP contribution in [0.15, 0.2) is 18.2 Å². The summed E-state index contributed by atoms with van der Waals surface area (Å²) >= 11 is 1.14. The first-order chi connectivity index (χ1) is 7.99. The molecule has 0 fully saturated rings. The minimum absolute atomic E-state index is 0.0437. The molecule has 5 nitrogen and oxygen atoms in total. The van der Waals surface area contributed by atoms with E-state index in [0.717, 1.165) is 17.4 Å². The lowest BCUT2D eigenvalue weighted by Gasteiger charge is -1.93. The molecule has 1 aromatic heterocycles. The van der Waals surface area contributed by atoms with Gasteiger partial charge in [-0.25, -0.2) is 4.79 Å². The largest absolute Gasteiger partial charge is 0.481 e. The molecule has 1 aromatic rings. The Morgan fingerprint density at radius 3 is 2.47 bits per heavy atom. The van der Waals surface area contributed by atoms with Crippen molar-refractivity contribution in [2.75, 3.05) is 0 Å². The highest BCUT2D eigenvalue weighted by Gasteiger charge is 2.10. The van der Waals surface area contributed by atoms with Crippen LogP contribution in [0.5, 0.6) is 0 Å². The number of carboxylic acid groups (broad SMARTS) is 2. The van der Waals surface area contributed by atoms with E-state index >= 15 is 0 Å². The van der Waals surface area contributed by atoms with Crippen LogP contribution in [0.3, 0.4) is 0 Å². The number of carbonyl (C=O) groups excluding carboxylic acids is 1. The zero-order valence-corrected chi connectivity index (χ0v) is 9.57. The van der Waals surface area contributed by atoms with E-state index in [1.165, 1.54) is 6.08 Å². The fraction of sp³-hybridized carbons (Fsp3) is 0.182. The van der Waals surface area contributed by atoms with Crippen molar-refractivity contribution >= 4 is 35.1 Å². The summed E-state index contributed by atoms with van der Waals surface area (Å²) < 4.78 is 0. The van der Waals surface area contributed by atoms with Crippen molar-refractivity contribution in [2.24, 2.45) is 0 Å². The van der Waals surface area contributed by atoms with Crippen LogP contribution in [0.1, 0.15) is 27.4 Å². The van der Waals surface area contributed by atoms with E-state index in [0.29, 0.717) is 9.75 Å². The molecule has 0 atom stereocenters. The number of ketones is 1. The number of carboxylic acids is 2. The third kappa shape index (κ3) is 4.60. The lowest BCUT2D eigenvalue weighted by molar-refractivity contribution is -0.137. The van der Waals surface area contributed by atoms with E-state index in [-0.39, 0.29) is 18.6 Å². The molecule has 0 aliphatic carbocycles. The molecular formula is C11H10O5S. The molecule has 6 heteroatoms. The normalized spacial score (nSPS) is 10.6. The summed E-state index contributed by atoms with van der Waals surface area (Å²) in [6, 6.07) is 3.19. The second-order valence-corrected chi connectivity index (χ2v) is 4.31. The van der Waals surface area contributed by atoms with E-state index in [9.17, 15) is 14.4 Å². The number of rotatable bonds is 6. The molecule has 0 aliphatic heterocycles. The molecule has 17 heavy (non-hydrogen) atoms. The van der Waals surface area contributed by atoms with Crippen LogP contribution in [0, 0.1) is 0 Å². The summed E-state index contributed by atoms with van der Waals surface area (Å²) in [4.78, 5) is 33.2. The summed E-state index contributed by atoms with van der Waals surface area (Å²) in [5.41, 5.74) is 0. The second-order valence-electron chi connectivity index (χ2n) is 3.19. The Balaban J connectivity index is 2.64. The van der Waals surface area contributed by atoms with Crippen LogP contribution >= 0.6 is 11.3 Å². The summed E-state index contributed by atoms with van der Waals surface area (Å²) in [6.45, 7) is 0. The van der Waals surface area contributed by atoms with Crippen molar-refractivity contribution < 1.29 is 24.6 Å². The van der Waals surface area contributed by atoms with E-state index in [4.69, 9.17) is 10.2 Å². The zero-order chi connectivity index (χ0) is 12.8. The quantitative estimate of drug-likeness (QED) is 0.597. The highest BCUT2D eigenvalue weighted by molar-refractivity contribution is 7.14. The highest BCUT2D eigenvalue weighted by atomic mass is 32.1. The van der Waals surface area contributed by atoms with Gasteiger partial charge in [0.1, 0.15) is 0 Å². The smallest absolute Gasteiger partial charge is 0.328 e. The van der Waals surface area contributed by atoms with E-state index in [1.54, 1.807) is 12.1 Å². The van der Waals surface area contributed by atoms with Crippen LogP contribution in [-0.2, 0) is 9.59 Å². The number of Topliss-reactive ketones (excluding diaryl/α,β-unsaturated/α-hetero) is 1. The van der Waals surface area contributed by atoms with Crippen molar-refractivity contribution in [2.45, 2.75) is 12.8 Å². The Labute approximate surface area is 101 Å². The SMILES string of the molecule is O=C(O)C=Cc1ccc(C(=O)CCC(=O)O)s1. The summed E-state index contributed by atoms with van der Waals surface area (Å²) in [5, 5.41) is 16.9. The van der Waals surface area contributed by atoms with Gasteiger partial charge in [-0.1, -0.05) is 0 Å². The number of hydrogen-bond donors (Lipinski definition) is 2. The molecule has 1 heterocycles. The molecule has 0 aromatic carbocycles. The molecule has 0 amide bonds. The Hall–Kier alpha value is -1.95. The van der Waals surface area contributed by atoms with Gasteiger partial charge in [-0.15, -0.1) is 11.3 Å². The fourth-order valence-corrected chi connectivity index (χ4v) is 1.97. The predicted molar refractivity (Wildman–Crippen MR) is 62.2 cm³/mol. The first kappa shape index (κ1) is 13.1. The van der Waals surface area contributed by atoms with Crippen molar-refractivity contribution in [3.8, 4) is 0 Å². The van der Waals surface area contributed by atoms with Crippen LogP contribution in [0.4, 0.5) is 0 Å². The fourth-order valence-electron chi connectivity index (χ4n) is 1.09. The molecule has 0 saturated heterocycles. The number of thiophene rings is 1. The molecule has 0 saturated carbocycles. The van der Waals surface area contributed by atoms with Gasteiger partial charge < -0.3 is 10.2 Å². The van der Waals surface area contributed by atoms with E-state index in [2.05, 4.69) is 0 Å². The van der Waals surface area contributed by atoms with Gasteiger partial charge in [0.15, 0.2) is 5.78 Å². The Kier molecular flexibility index (Phi) is 4.59. The topological polar surface area (TPSA) is 91.7 Å². The maximum Gasteiger partial charge on any atom is 0.328 e. The van der Waals surface area contributed by atoms with Gasteiger partial charge in [0, 0.05) is 17.4 Å².